The van der Waals surface area contributed by atoms with Crippen LogP contribution in [0.4, 0.5) is 0 Å². The lowest BCUT2D eigenvalue weighted by Gasteiger charge is -2.16. The Balaban J connectivity index is 1.62. The number of H-pyrrole nitrogens is 1. The molecule has 3 rings (SSSR count). The van der Waals surface area contributed by atoms with E-state index in [0.29, 0.717) is 13.2 Å². The first-order valence-corrected chi connectivity index (χ1v) is 7.32. The number of fused-ring (bicyclic) bond motifs is 1. The second-order valence-electron chi connectivity index (χ2n) is 5.32. The normalized spacial score (nSPS) is 14.1. The third kappa shape index (κ3) is 3.02. The first-order chi connectivity index (χ1) is 9.85. The van der Waals surface area contributed by atoms with Crippen molar-refractivity contribution < 1.29 is 4.74 Å². The molecule has 1 aliphatic rings. The number of rotatable bonds is 5. The van der Waals surface area contributed by atoms with Gasteiger partial charge in [0.15, 0.2) is 0 Å². The van der Waals surface area contributed by atoms with Crippen LogP contribution in [0.1, 0.15) is 35.5 Å². The summed E-state index contributed by atoms with van der Waals surface area (Å²) in [4.78, 5) is 7.53. The predicted octanol–water partition coefficient (Wildman–Crippen LogP) is 2.37. The number of nitrogens with one attached hydrogen (secondary N) is 1. The molecule has 1 aromatic heterocycles. The summed E-state index contributed by atoms with van der Waals surface area (Å²) in [5.74, 6) is 1.79. The van der Waals surface area contributed by atoms with E-state index in [-0.39, 0.29) is 0 Å². The highest BCUT2D eigenvalue weighted by atomic mass is 16.5. The molecule has 4 heteroatoms. The molecule has 0 amide bonds. The van der Waals surface area contributed by atoms with Crippen LogP contribution >= 0.6 is 0 Å². The van der Waals surface area contributed by atoms with Crippen LogP contribution in [0.3, 0.4) is 0 Å². The molecule has 20 heavy (non-hydrogen) atoms. The molecule has 0 spiro atoms. The zero-order valence-electron chi connectivity index (χ0n) is 11.7. The molecular weight excluding hydrogens is 250 g/mol. The highest BCUT2D eigenvalue weighted by Crippen LogP contribution is 2.25. The largest absolute Gasteiger partial charge is 0.486 e. The lowest BCUT2D eigenvalue weighted by atomic mass is 9.92. The molecule has 0 fully saturated rings. The summed E-state index contributed by atoms with van der Waals surface area (Å²) in [5, 5.41) is 0. The highest BCUT2D eigenvalue weighted by Gasteiger charge is 2.10. The van der Waals surface area contributed by atoms with Gasteiger partial charge in [-0.05, 0) is 55.5 Å². The second-order valence-corrected chi connectivity index (χ2v) is 5.32. The number of aromatic amines is 1. The standard InChI is InChI=1S/C16H21N3O/c17-8-7-14-10-18-16(19-14)11-20-15-6-5-12-3-1-2-4-13(12)9-15/h5-6,9-10H,1-4,7-8,11,17H2,(H,18,19). The van der Waals surface area contributed by atoms with Crippen molar-refractivity contribution in [3.8, 4) is 5.75 Å². The fraction of sp³-hybridized carbons (Fsp3) is 0.438. The quantitative estimate of drug-likeness (QED) is 0.877. The Morgan fingerprint density at radius 2 is 2.05 bits per heavy atom. The Hall–Kier alpha value is -1.81. The average Bonchev–Trinajstić information content (AvgIpc) is 2.93. The molecular formula is C16H21N3O. The monoisotopic (exact) mass is 271 g/mol. The van der Waals surface area contributed by atoms with Gasteiger partial charge in [0.2, 0.25) is 0 Å². The Labute approximate surface area is 119 Å². The van der Waals surface area contributed by atoms with Crippen LogP contribution in [-0.2, 0) is 25.9 Å². The van der Waals surface area contributed by atoms with Crippen molar-refractivity contribution >= 4 is 0 Å². The van der Waals surface area contributed by atoms with Gasteiger partial charge in [-0.2, -0.15) is 0 Å². The molecule has 2 aromatic rings. The molecule has 0 unspecified atom stereocenters. The highest BCUT2D eigenvalue weighted by molar-refractivity contribution is 5.37. The number of ether oxygens (including phenoxy) is 1. The van der Waals surface area contributed by atoms with Gasteiger partial charge in [-0.15, -0.1) is 0 Å². The van der Waals surface area contributed by atoms with Gasteiger partial charge < -0.3 is 15.5 Å². The molecule has 0 saturated carbocycles. The number of aromatic nitrogens is 2. The van der Waals surface area contributed by atoms with Crippen molar-refractivity contribution in [2.45, 2.75) is 38.7 Å². The van der Waals surface area contributed by atoms with Crippen LogP contribution in [0.15, 0.2) is 24.4 Å². The SMILES string of the molecule is NCCc1cnc(COc2ccc3c(c2)CCCC3)[nH]1. The second kappa shape index (κ2) is 6.09. The van der Waals surface area contributed by atoms with Crippen LogP contribution in [0.5, 0.6) is 5.75 Å². The molecule has 1 heterocycles. The van der Waals surface area contributed by atoms with Gasteiger partial charge in [-0.3, -0.25) is 0 Å². The van der Waals surface area contributed by atoms with Crippen molar-refractivity contribution in [3.63, 3.8) is 0 Å². The number of hydrogen-bond acceptors (Lipinski definition) is 3. The third-order valence-electron chi connectivity index (χ3n) is 3.79. The Morgan fingerprint density at radius 3 is 2.90 bits per heavy atom. The molecule has 4 nitrogen and oxygen atoms in total. The van der Waals surface area contributed by atoms with Crippen LogP contribution < -0.4 is 10.5 Å². The summed E-state index contributed by atoms with van der Waals surface area (Å²) in [6, 6.07) is 6.44. The van der Waals surface area contributed by atoms with Crippen LogP contribution in [0, 0.1) is 0 Å². The summed E-state index contributed by atoms with van der Waals surface area (Å²) in [6.45, 7) is 1.11. The van der Waals surface area contributed by atoms with E-state index in [1.54, 1.807) is 0 Å². The van der Waals surface area contributed by atoms with Crippen LogP contribution in [0.2, 0.25) is 0 Å². The van der Waals surface area contributed by atoms with E-state index >= 15 is 0 Å². The van der Waals surface area contributed by atoms with Gasteiger partial charge in [-0.1, -0.05) is 6.07 Å². The van der Waals surface area contributed by atoms with E-state index < -0.39 is 0 Å². The molecule has 0 radical (unpaired) electrons. The molecule has 0 saturated heterocycles. The fourth-order valence-corrected chi connectivity index (χ4v) is 2.71. The smallest absolute Gasteiger partial charge is 0.146 e. The van der Waals surface area contributed by atoms with Gasteiger partial charge in [-0.25, -0.2) is 4.98 Å². The maximum absolute atomic E-state index is 5.82. The van der Waals surface area contributed by atoms with Crippen molar-refractivity contribution in [1.29, 1.82) is 0 Å². The molecule has 0 aliphatic heterocycles. The Kier molecular flexibility index (Phi) is 4.02. The van der Waals surface area contributed by atoms with Crippen molar-refractivity contribution in [1.82, 2.24) is 9.97 Å². The summed E-state index contributed by atoms with van der Waals surface area (Å²) < 4.78 is 5.82. The first-order valence-electron chi connectivity index (χ1n) is 7.32. The zero-order valence-corrected chi connectivity index (χ0v) is 11.7. The van der Waals surface area contributed by atoms with Gasteiger partial charge in [0, 0.05) is 18.3 Å². The topological polar surface area (TPSA) is 63.9 Å². The van der Waals surface area contributed by atoms with E-state index in [4.69, 9.17) is 10.5 Å². The molecule has 106 valence electrons. The summed E-state index contributed by atoms with van der Waals surface area (Å²) >= 11 is 0. The van der Waals surface area contributed by atoms with Gasteiger partial charge in [0.25, 0.3) is 0 Å². The predicted molar refractivity (Wildman–Crippen MR) is 78.8 cm³/mol. The Bertz CT molecular complexity index is 577. The molecule has 1 aromatic carbocycles. The summed E-state index contributed by atoms with van der Waals surface area (Å²) in [7, 11) is 0. The van der Waals surface area contributed by atoms with Crippen LogP contribution in [0.25, 0.3) is 0 Å². The lowest BCUT2D eigenvalue weighted by Crippen LogP contribution is -2.04. The van der Waals surface area contributed by atoms with Gasteiger partial charge in [0.05, 0.1) is 0 Å². The maximum atomic E-state index is 5.82. The number of hydrogen-bond donors (Lipinski definition) is 2. The molecule has 3 N–H and O–H groups in total. The van der Waals surface area contributed by atoms with E-state index in [9.17, 15) is 0 Å². The summed E-state index contributed by atoms with van der Waals surface area (Å²) in [5.41, 5.74) is 9.51. The van der Waals surface area contributed by atoms with E-state index in [1.165, 1.54) is 36.8 Å². The van der Waals surface area contributed by atoms with Crippen LogP contribution in [-0.4, -0.2) is 16.5 Å². The third-order valence-corrected chi connectivity index (χ3v) is 3.79. The van der Waals surface area contributed by atoms with E-state index in [1.807, 2.05) is 6.20 Å². The number of nitrogens with zero attached hydrogens (tertiary/aromatic N) is 1. The minimum Gasteiger partial charge on any atom is -0.486 e. The van der Waals surface area contributed by atoms with Crippen molar-refractivity contribution in [2.75, 3.05) is 6.54 Å². The Morgan fingerprint density at radius 1 is 1.20 bits per heavy atom. The molecule has 0 atom stereocenters. The fourth-order valence-electron chi connectivity index (χ4n) is 2.71. The van der Waals surface area contributed by atoms with Crippen molar-refractivity contribution in [2.24, 2.45) is 5.73 Å². The van der Waals surface area contributed by atoms with E-state index in [2.05, 4.69) is 28.2 Å². The minimum absolute atomic E-state index is 0.476. The lowest BCUT2D eigenvalue weighted by molar-refractivity contribution is 0.296. The summed E-state index contributed by atoms with van der Waals surface area (Å²) in [6.07, 6.45) is 7.63. The zero-order chi connectivity index (χ0) is 13.8. The molecule has 0 bridgehead atoms. The van der Waals surface area contributed by atoms with E-state index in [0.717, 1.165) is 23.7 Å². The molecule has 1 aliphatic carbocycles. The van der Waals surface area contributed by atoms with Crippen molar-refractivity contribution in [3.05, 3.63) is 47.0 Å². The number of benzene rings is 1. The maximum Gasteiger partial charge on any atom is 0.146 e. The number of aryl methyl sites for hydroxylation is 2. The first kappa shape index (κ1) is 13.2. The minimum atomic E-state index is 0.476. The average molecular weight is 271 g/mol. The van der Waals surface area contributed by atoms with Gasteiger partial charge in [0.1, 0.15) is 18.2 Å². The number of imidazole rings is 1. The number of nitrogens with two attached hydrogens (primary N) is 1. The van der Waals surface area contributed by atoms with Gasteiger partial charge >= 0.3 is 0 Å².